The zero-order chi connectivity index (χ0) is 17.1. The maximum absolute atomic E-state index is 11.9. The minimum Gasteiger partial charge on any atom is -0.444 e. The van der Waals surface area contributed by atoms with Gasteiger partial charge < -0.3 is 15.4 Å². The molecule has 6 nitrogen and oxygen atoms in total. The van der Waals surface area contributed by atoms with Gasteiger partial charge in [0.1, 0.15) is 11.4 Å². The van der Waals surface area contributed by atoms with Crippen LogP contribution >= 0.6 is 0 Å². The molecule has 0 aromatic carbocycles. The third kappa shape index (κ3) is 5.78. The summed E-state index contributed by atoms with van der Waals surface area (Å²) < 4.78 is 5.31. The Hall–Kier alpha value is -1.69. The van der Waals surface area contributed by atoms with Gasteiger partial charge in [-0.2, -0.15) is 0 Å². The van der Waals surface area contributed by atoms with E-state index in [2.05, 4.69) is 27.5 Å². The van der Waals surface area contributed by atoms with Crippen LogP contribution in [0.15, 0.2) is 12.3 Å². The van der Waals surface area contributed by atoms with E-state index in [4.69, 9.17) is 4.74 Å². The second-order valence-electron chi connectivity index (χ2n) is 7.50. The number of aryl methyl sites for hydroxylation is 1. The lowest BCUT2D eigenvalue weighted by Gasteiger charge is -2.32. The molecule has 6 heteroatoms. The monoisotopic (exact) mass is 320 g/mol. The second-order valence-corrected chi connectivity index (χ2v) is 7.50. The summed E-state index contributed by atoms with van der Waals surface area (Å²) in [6, 6.07) is 1.91. The summed E-state index contributed by atoms with van der Waals surface area (Å²) in [6.45, 7) is 10.8. The van der Waals surface area contributed by atoms with Gasteiger partial charge in [0.05, 0.1) is 5.69 Å². The Kier molecular flexibility index (Phi) is 5.24. The van der Waals surface area contributed by atoms with Crippen molar-refractivity contribution in [1.82, 2.24) is 20.6 Å². The fraction of sp³-hybridized carbons (Fsp3) is 0.706. The van der Waals surface area contributed by atoms with Gasteiger partial charge in [0, 0.05) is 24.8 Å². The third-order valence-corrected chi connectivity index (χ3v) is 3.98. The van der Waals surface area contributed by atoms with Gasteiger partial charge in [-0.15, -0.1) is 0 Å². The number of ether oxygens (including phenoxy) is 1. The lowest BCUT2D eigenvalue weighted by atomic mass is 9.95. The normalized spacial score (nSPS) is 17.4. The van der Waals surface area contributed by atoms with Crippen molar-refractivity contribution in [2.75, 3.05) is 6.54 Å². The van der Waals surface area contributed by atoms with Gasteiger partial charge in [-0.05, 0) is 59.4 Å². The summed E-state index contributed by atoms with van der Waals surface area (Å²) in [5, 5.41) is 6.45. The Bertz CT molecular complexity index is 552. The van der Waals surface area contributed by atoms with Gasteiger partial charge in [-0.3, -0.25) is 0 Å². The molecule has 0 radical (unpaired) electrons. The smallest absolute Gasteiger partial charge is 0.407 e. The molecule has 1 atom stereocenters. The summed E-state index contributed by atoms with van der Waals surface area (Å²) in [7, 11) is 0. The van der Waals surface area contributed by atoms with Crippen molar-refractivity contribution in [3.63, 3.8) is 0 Å². The lowest BCUT2D eigenvalue weighted by molar-refractivity contribution is 0.0507. The quantitative estimate of drug-likeness (QED) is 0.842. The first-order valence-electron chi connectivity index (χ1n) is 8.18. The van der Waals surface area contributed by atoms with Crippen LogP contribution in [0, 0.1) is 12.8 Å². The molecule has 2 rings (SSSR count). The first-order chi connectivity index (χ1) is 10.7. The van der Waals surface area contributed by atoms with Crippen LogP contribution < -0.4 is 10.6 Å². The summed E-state index contributed by atoms with van der Waals surface area (Å²) >= 11 is 0. The van der Waals surface area contributed by atoms with Crippen molar-refractivity contribution >= 4 is 6.09 Å². The van der Waals surface area contributed by atoms with Gasteiger partial charge in [-0.25, -0.2) is 14.8 Å². The summed E-state index contributed by atoms with van der Waals surface area (Å²) in [5.41, 5.74) is 0.323. The van der Waals surface area contributed by atoms with Crippen molar-refractivity contribution in [2.24, 2.45) is 5.92 Å². The average molecular weight is 320 g/mol. The predicted molar refractivity (Wildman–Crippen MR) is 89.0 cm³/mol. The molecule has 0 bridgehead atoms. The molecule has 128 valence electrons. The Balaban J connectivity index is 1.90. The number of carbonyl (C=O) groups is 1. The minimum absolute atomic E-state index is 0.157. The van der Waals surface area contributed by atoms with Crippen molar-refractivity contribution in [1.29, 1.82) is 0 Å². The van der Waals surface area contributed by atoms with Crippen LogP contribution in [0.4, 0.5) is 4.79 Å². The maximum Gasteiger partial charge on any atom is 0.407 e. The first kappa shape index (κ1) is 17.7. The van der Waals surface area contributed by atoms with Crippen LogP contribution in [0.3, 0.4) is 0 Å². The number of nitrogens with zero attached hydrogens (tertiary/aromatic N) is 2. The zero-order valence-electron chi connectivity index (χ0n) is 14.8. The number of nitrogens with one attached hydrogen (secondary N) is 2. The van der Waals surface area contributed by atoms with E-state index < -0.39 is 5.60 Å². The van der Waals surface area contributed by atoms with E-state index in [1.807, 2.05) is 33.8 Å². The van der Waals surface area contributed by atoms with E-state index >= 15 is 0 Å². The molecule has 1 aliphatic carbocycles. The Morgan fingerprint density at radius 1 is 1.35 bits per heavy atom. The molecule has 0 aliphatic heterocycles. The highest BCUT2D eigenvalue weighted by Crippen LogP contribution is 2.39. The van der Waals surface area contributed by atoms with E-state index in [0.29, 0.717) is 19.0 Å². The first-order valence-corrected chi connectivity index (χ1v) is 8.18. The van der Waals surface area contributed by atoms with Crippen LogP contribution in [-0.4, -0.2) is 33.7 Å². The molecule has 1 aliphatic rings. The molecular formula is C17H28N4O2. The standard InChI is InChI=1S/C17H28N4O2/c1-12-18-9-8-14(21-12)10-20-17(5,13-6-7-13)11-19-15(22)23-16(2,3)4/h8-9,13,20H,6-7,10-11H2,1-5H3,(H,19,22). The molecule has 1 fully saturated rings. The molecule has 0 spiro atoms. The number of alkyl carbamates (subject to hydrolysis) is 1. The number of amides is 1. The molecule has 1 aromatic heterocycles. The van der Waals surface area contributed by atoms with Crippen LogP contribution in [0.25, 0.3) is 0 Å². The molecule has 1 saturated carbocycles. The Morgan fingerprint density at radius 2 is 2.04 bits per heavy atom. The summed E-state index contributed by atoms with van der Waals surface area (Å²) in [5.74, 6) is 1.34. The van der Waals surface area contributed by atoms with E-state index in [1.165, 1.54) is 12.8 Å². The Labute approximate surface area is 138 Å². The molecule has 0 saturated heterocycles. The maximum atomic E-state index is 11.9. The molecule has 2 N–H and O–H groups in total. The van der Waals surface area contributed by atoms with Crippen LogP contribution in [-0.2, 0) is 11.3 Å². The highest BCUT2D eigenvalue weighted by molar-refractivity contribution is 5.67. The van der Waals surface area contributed by atoms with Crippen molar-refractivity contribution in [2.45, 2.75) is 65.1 Å². The van der Waals surface area contributed by atoms with Gasteiger partial charge in [0.2, 0.25) is 0 Å². The van der Waals surface area contributed by atoms with Crippen molar-refractivity contribution < 1.29 is 9.53 Å². The molecule has 1 aromatic rings. The number of rotatable bonds is 6. The van der Waals surface area contributed by atoms with Crippen LogP contribution in [0.1, 0.15) is 52.1 Å². The highest BCUT2D eigenvalue weighted by atomic mass is 16.6. The van der Waals surface area contributed by atoms with Gasteiger partial charge in [0.25, 0.3) is 0 Å². The fourth-order valence-electron chi connectivity index (χ4n) is 2.54. The van der Waals surface area contributed by atoms with Crippen LogP contribution in [0.2, 0.25) is 0 Å². The average Bonchev–Trinajstić information content (AvgIpc) is 3.26. The molecule has 1 unspecified atom stereocenters. The topological polar surface area (TPSA) is 76.1 Å². The summed E-state index contributed by atoms with van der Waals surface area (Å²) in [4.78, 5) is 20.4. The largest absolute Gasteiger partial charge is 0.444 e. The zero-order valence-corrected chi connectivity index (χ0v) is 14.8. The van der Waals surface area contributed by atoms with E-state index in [1.54, 1.807) is 6.20 Å². The van der Waals surface area contributed by atoms with Gasteiger partial charge in [-0.1, -0.05) is 0 Å². The number of hydrogen-bond donors (Lipinski definition) is 2. The molecule has 1 heterocycles. The fourth-order valence-corrected chi connectivity index (χ4v) is 2.54. The van der Waals surface area contributed by atoms with Crippen LogP contribution in [0.5, 0.6) is 0 Å². The van der Waals surface area contributed by atoms with E-state index in [-0.39, 0.29) is 11.6 Å². The Morgan fingerprint density at radius 3 is 2.61 bits per heavy atom. The van der Waals surface area contributed by atoms with E-state index in [0.717, 1.165) is 11.5 Å². The minimum atomic E-state index is -0.480. The lowest BCUT2D eigenvalue weighted by Crippen LogP contribution is -2.53. The number of carbonyl (C=O) groups excluding carboxylic acids is 1. The van der Waals surface area contributed by atoms with Gasteiger partial charge >= 0.3 is 6.09 Å². The predicted octanol–water partition coefficient (Wildman–Crippen LogP) is 2.57. The van der Waals surface area contributed by atoms with Crippen molar-refractivity contribution in [3.8, 4) is 0 Å². The number of aromatic nitrogens is 2. The molecular weight excluding hydrogens is 292 g/mol. The second kappa shape index (κ2) is 6.83. The molecule has 1 amide bonds. The van der Waals surface area contributed by atoms with Gasteiger partial charge in [0.15, 0.2) is 0 Å². The third-order valence-electron chi connectivity index (χ3n) is 3.98. The SMILES string of the molecule is Cc1nccc(CNC(C)(CNC(=O)OC(C)(C)C)C2CC2)n1. The number of hydrogen-bond acceptors (Lipinski definition) is 5. The summed E-state index contributed by atoms with van der Waals surface area (Å²) in [6.07, 6.45) is 3.77. The van der Waals surface area contributed by atoms with Crippen molar-refractivity contribution in [3.05, 3.63) is 23.8 Å². The molecule has 23 heavy (non-hydrogen) atoms. The van der Waals surface area contributed by atoms with E-state index in [9.17, 15) is 4.79 Å². The highest BCUT2D eigenvalue weighted by Gasteiger charge is 2.41.